The Morgan fingerprint density at radius 2 is 1.21 bits per heavy atom. The number of fused-ring (bicyclic) bond motifs is 1. The van der Waals surface area contributed by atoms with E-state index >= 15 is 0 Å². The molecule has 5 rings (SSSR count). The normalized spacial score (nSPS) is 14.8. The smallest absolute Gasteiger partial charge is 0.387 e. The van der Waals surface area contributed by atoms with Gasteiger partial charge in [0.25, 0.3) is 0 Å². The lowest BCUT2D eigenvalue weighted by atomic mass is 10.1. The molecule has 7 heteroatoms. The highest BCUT2D eigenvalue weighted by molar-refractivity contribution is 7.95. The van der Waals surface area contributed by atoms with Crippen LogP contribution in [0.15, 0.2) is 109 Å². The summed E-state index contributed by atoms with van der Waals surface area (Å²) in [5.41, 5.74) is 0.928. The van der Waals surface area contributed by atoms with E-state index in [1.165, 1.54) is 12.1 Å². The number of hydrogen-bond acceptors (Lipinski definition) is 3. The maximum absolute atomic E-state index is 13.0. The molecule has 1 atom stereocenters. The summed E-state index contributed by atoms with van der Waals surface area (Å²) >= 11 is 0. The van der Waals surface area contributed by atoms with E-state index in [-0.39, 0.29) is 28.3 Å². The Morgan fingerprint density at radius 3 is 1.65 bits per heavy atom. The maximum atomic E-state index is 13.0. The Labute approximate surface area is 207 Å². The molecule has 0 bridgehead atoms. The number of ether oxygens (including phenoxy) is 2. The van der Waals surface area contributed by atoms with E-state index in [9.17, 15) is 13.6 Å². The van der Waals surface area contributed by atoms with E-state index < -0.39 is 25.7 Å². The van der Waals surface area contributed by atoms with E-state index in [1.807, 2.05) is 54.6 Å². The molecule has 1 aliphatic heterocycles. The molecule has 4 aromatic rings. The van der Waals surface area contributed by atoms with Crippen LogP contribution in [0.5, 0.6) is 5.75 Å². The number of esters is 1. The molecule has 3 nitrogen and oxygen atoms in total. The van der Waals surface area contributed by atoms with Crippen LogP contribution in [0.4, 0.5) is 8.78 Å². The SMILES string of the molecule is O=C1OC([P+](c2ccccc2)(c2ccccc2)c2ccccc2)c2ccc(OC(F)F)cc21.[Br-]. The summed E-state index contributed by atoms with van der Waals surface area (Å²) in [6.07, 6.45) is 0. The van der Waals surface area contributed by atoms with Gasteiger partial charge < -0.3 is 26.5 Å². The Balaban J connectivity index is 0.00000274. The van der Waals surface area contributed by atoms with Crippen LogP contribution >= 0.6 is 7.26 Å². The predicted octanol–water partition coefficient (Wildman–Crippen LogP) is 2.46. The monoisotopic (exact) mass is 540 g/mol. The second kappa shape index (κ2) is 10.0. The zero-order chi connectivity index (χ0) is 22.8. The first kappa shape index (κ1) is 24.1. The number of carbonyl (C=O) groups excluding carboxylic acids is 1. The molecule has 0 saturated carbocycles. The van der Waals surface area contributed by atoms with E-state index in [0.717, 1.165) is 15.9 Å². The van der Waals surface area contributed by atoms with Gasteiger partial charge in [0, 0.05) is 5.56 Å². The van der Waals surface area contributed by atoms with Crippen molar-refractivity contribution < 1.29 is 40.0 Å². The Hall–Kier alpha value is -3.08. The summed E-state index contributed by atoms with van der Waals surface area (Å²) in [7, 11) is -2.55. The predicted molar refractivity (Wildman–Crippen MR) is 126 cm³/mol. The van der Waals surface area contributed by atoms with Gasteiger partial charge in [0.1, 0.15) is 21.7 Å². The fourth-order valence-electron chi connectivity index (χ4n) is 4.46. The van der Waals surface area contributed by atoms with Gasteiger partial charge in [0.15, 0.2) is 7.26 Å². The summed E-state index contributed by atoms with van der Waals surface area (Å²) in [6, 6.07) is 34.6. The number of cyclic esters (lactones) is 1. The van der Waals surface area contributed by atoms with Gasteiger partial charge in [-0.3, -0.25) is 0 Å². The first-order valence-electron chi connectivity index (χ1n) is 10.5. The molecule has 0 saturated heterocycles. The second-order valence-corrected chi connectivity index (χ2v) is 11.1. The van der Waals surface area contributed by atoms with Gasteiger partial charge in [0.2, 0.25) is 5.85 Å². The fraction of sp³-hybridized carbons (Fsp3) is 0.0741. The third kappa shape index (κ3) is 4.13. The largest absolute Gasteiger partial charge is 1.00 e. The van der Waals surface area contributed by atoms with Crippen molar-refractivity contribution in [2.75, 3.05) is 0 Å². The van der Waals surface area contributed by atoms with Crippen LogP contribution in [0.25, 0.3) is 0 Å². The third-order valence-electron chi connectivity index (χ3n) is 5.80. The standard InChI is InChI=1S/C27H20F2O3P.BrH/c28-27(29)31-19-16-17-23-24(18-19)25(30)32-26(23)33(20-10-4-1-5-11-20,21-12-6-2-7-13-21)22-14-8-3-9-15-22;/h1-18,26-27H;1H/q+1;/p-1. The molecule has 0 radical (unpaired) electrons. The van der Waals surface area contributed by atoms with Gasteiger partial charge in [-0.1, -0.05) is 54.6 Å². The summed E-state index contributed by atoms with van der Waals surface area (Å²) in [5.74, 6) is -1.21. The van der Waals surface area contributed by atoms with E-state index in [2.05, 4.69) is 41.1 Å². The number of rotatable bonds is 6. The molecule has 0 aromatic heterocycles. The summed E-state index contributed by atoms with van der Waals surface area (Å²) < 4.78 is 36.2. The van der Waals surface area contributed by atoms with E-state index in [1.54, 1.807) is 6.07 Å². The number of carbonyl (C=O) groups is 1. The Bertz CT molecular complexity index is 1170. The molecule has 0 fully saturated rings. The topological polar surface area (TPSA) is 35.5 Å². The average Bonchev–Trinajstić information content (AvgIpc) is 3.17. The zero-order valence-electron chi connectivity index (χ0n) is 17.9. The summed E-state index contributed by atoms with van der Waals surface area (Å²) in [5, 5.41) is 3.17. The lowest BCUT2D eigenvalue weighted by Gasteiger charge is -2.31. The van der Waals surface area contributed by atoms with Crippen molar-refractivity contribution in [3.8, 4) is 5.75 Å². The third-order valence-corrected chi connectivity index (χ3v) is 10.2. The molecule has 1 heterocycles. The van der Waals surface area contributed by atoms with Crippen molar-refractivity contribution in [1.29, 1.82) is 0 Å². The molecule has 1 aliphatic rings. The first-order chi connectivity index (χ1) is 16.1. The zero-order valence-corrected chi connectivity index (χ0v) is 20.3. The average molecular weight is 541 g/mol. The van der Waals surface area contributed by atoms with Crippen molar-refractivity contribution in [2.45, 2.75) is 12.5 Å². The summed E-state index contributed by atoms with van der Waals surface area (Å²) in [4.78, 5) is 13.0. The van der Waals surface area contributed by atoms with E-state index in [0.29, 0.717) is 5.56 Å². The van der Waals surface area contributed by atoms with Gasteiger partial charge in [-0.25, -0.2) is 4.79 Å². The molecule has 0 spiro atoms. The highest BCUT2D eigenvalue weighted by Gasteiger charge is 2.58. The Kier molecular flexibility index (Phi) is 7.11. The van der Waals surface area contributed by atoms with Crippen LogP contribution in [-0.4, -0.2) is 12.6 Å². The lowest BCUT2D eigenvalue weighted by molar-refractivity contribution is -0.0499. The summed E-state index contributed by atoms with van der Waals surface area (Å²) in [6.45, 7) is -2.97. The van der Waals surface area contributed by atoms with Crippen molar-refractivity contribution in [3.05, 3.63) is 120 Å². The molecule has 1 unspecified atom stereocenters. The van der Waals surface area contributed by atoms with Crippen LogP contribution in [-0.2, 0) is 4.74 Å². The van der Waals surface area contributed by atoms with E-state index in [4.69, 9.17) is 4.74 Å². The molecule has 4 aromatic carbocycles. The Morgan fingerprint density at radius 1 is 0.735 bits per heavy atom. The molecule has 0 amide bonds. The molecule has 34 heavy (non-hydrogen) atoms. The highest BCUT2D eigenvalue weighted by Crippen LogP contribution is 2.69. The van der Waals surface area contributed by atoms with Gasteiger partial charge >= 0.3 is 12.6 Å². The van der Waals surface area contributed by atoms with Crippen molar-refractivity contribution in [1.82, 2.24) is 0 Å². The minimum Gasteiger partial charge on any atom is -1.00 e. The molecule has 0 aliphatic carbocycles. The maximum Gasteiger partial charge on any atom is 0.387 e. The van der Waals surface area contributed by atoms with Gasteiger partial charge in [-0.05, 0) is 54.6 Å². The quantitative estimate of drug-likeness (QED) is 0.278. The van der Waals surface area contributed by atoms with Gasteiger partial charge in [0.05, 0.1) is 5.56 Å². The molecule has 172 valence electrons. The molecular weight excluding hydrogens is 521 g/mol. The number of halogens is 3. The van der Waals surface area contributed by atoms with Crippen LogP contribution in [0.2, 0.25) is 0 Å². The highest BCUT2D eigenvalue weighted by atomic mass is 79.9. The van der Waals surface area contributed by atoms with Crippen molar-refractivity contribution >= 4 is 29.1 Å². The minimum absolute atomic E-state index is 0. The van der Waals surface area contributed by atoms with Crippen molar-refractivity contribution in [2.24, 2.45) is 0 Å². The number of hydrogen-bond donors (Lipinski definition) is 0. The van der Waals surface area contributed by atoms with Gasteiger partial charge in [-0.15, -0.1) is 0 Å². The fourth-order valence-corrected chi connectivity index (χ4v) is 8.99. The van der Waals surface area contributed by atoms with Gasteiger partial charge in [-0.2, -0.15) is 8.78 Å². The second-order valence-electron chi connectivity index (χ2n) is 7.61. The van der Waals surface area contributed by atoms with Crippen LogP contribution < -0.4 is 37.6 Å². The number of alkyl halides is 2. The van der Waals surface area contributed by atoms with Crippen LogP contribution in [0.1, 0.15) is 21.8 Å². The van der Waals surface area contributed by atoms with Crippen LogP contribution in [0, 0.1) is 0 Å². The first-order valence-corrected chi connectivity index (χ1v) is 12.3. The number of benzene rings is 4. The molecule has 0 N–H and O–H groups in total. The lowest BCUT2D eigenvalue weighted by Crippen LogP contribution is -3.00. The molecular formula is C27H20BrF2O3P. The van der Waals surface area contributed by atoms with Crippen LogP contribution in [0.3, 0.4) is 0 Å². The minimum atomic E-state index is -2.97. The van der Waals surface area contributed by atoms with Crippen molar-refractivity contribution in [3.63, 3.8) is 0 Å².